The highest BCUT2D eigenvalue weighted by atomic mass is 16.5. The van der Waals surface area contributed by atoms with Gasteiger partial charge in [0.2, 0.25) is 0 Å². The van der Waals surface area contributed by atoms with Gasteiger partial charge >= 0.3 is 0 Å². The third kappa shape index (κ3) is 4.90. The van der Waals surface area contributed by atoms with Crippen LogP contribution in [-0.4, -0.2) is 40.9 Å². The highest BCUT2D eigenvalue weighted by Gasteiger charge is 2.29. The number of hydrogen-bond acceptors (Lipinski definition) is 5. The van der Waals surface area contributed by atoms with E-state index in [1.165, 1.54) is 0 Å². The van der Waals surface area contributed by atoms with Gasteiger partial charge in [-0.15, -0.1) is 0 Å². The quantitative estimate of drug-likeness (QED) is 0.436. The SMILES string of the molecule is CC1=C(c2cccc(O)c2)C(c2ccc(OCC(C)N(C)C(C)C)cc2)Oc2ccc(O)cc21. The summed E-state index contributed by atoms with van der Waals surface area (Å²) in [6.45, 7) is 9.15. The van der Waals surface area contributed by atoms with E-state index in [9.17, 15) is 10.2 Å². The topological polar surface area (TPSA) is 62.2 Å². The third-order valence-corrected chi connectivity index (χ3v) is 6.62. The average Bonchev–Trinajstić information content (AvgIpc) is 2.82. The lowest BCUT2D eigenvalue weighted by Crippen LogP contribution is -2.38. The van der Waals surface area contributed by atoms with Crippen molar-refractivity contribution < 1.29 is 19.7 Å². The first-order chi connectivity index (χ1) is 16.2. The van der Waals surface area contributed by atoms with Crippen LogP contribution < -0.4 is 9.47 Å². The Bertz CT molecular complexity index is 1180. The molecule has 1 heterocycles. The lowest BCUT2D eigenvalue weighted by Gasteiger charge is -2.31. The Morgan fingerprint density at radius 2 is 1.65 bits per heavy atom. The summed E-state index contributed by atoms with van der Waals surface area (Å²) in [6.07, 6.45) is -0.362. The molecule has 0 aliphatic carbocycles. The number of phenolic OH excluding ortho intramolecular Hbond substituents is 2. The highest BCUT2D eigenvalue weighted by Crippen LogP contribution is 2.47. The molecule has 0 saturated carbocycles. The molecule has 178 valence electrons. The van der Waals surface area contributed by atoms with E-state index in [1.807, 2.05) is 43.3 Å². The summed E-state index contributed by atoms with van der Waals surface area (Å²) in [5, 5.41) is 20.2. The number of rotatable bonds is 7. The van der Waals surface area contributed by atoms with Gasteiger partial charge in [0.25, 0.3) is 0 Å². The van der Waals surface area contributed by atoms with Gasteiger partial charge < -0.3 is 19.7 Å². The molecule has 5 heteroatoms. The van der Waals surface area contributed by atoms with Gasteiger partial charge in [-0.1, -0.05) is 24.3 Å². The van der Waals surface area contributed by atoms with Crippen molar-refractivity contribution in [1.82, 2.24) is 4.90 Å². The van der Waals surface area contributed by atoms with Crippen LogP contribution in [0.15, 0.2) is 66.7 Å². The first-order valence-electron chi connectivity index (χ1n) is 11.7. The van der Waals surface area contributed by atoms with E-state index in [4.69, 9.17) is 9.47 Å². The van der Waals surface area contributed by atoms with Crippen molar-refractivity contribution in [2.24, 2.45) is 0 Å². The van der Waals surface area contributed by atoms with Crippen LogP contribution in [0.25, 0.3) is 11.1 Å². The maximum absolute atomic E-state index is 10.1. The zero-order chi connectivity index (χ0) is 24.4. The molecule has 3 aromatic rings. The predicted molar refractivity (Wildman–Crippen MR) is 136 cm³/mol. The Hall–Kier alpha value is -3.44. The predicted octanol–water partition coefficient (Wildman–Crippen LogP) is 6.27. The van der Waals surface area contributed by atoms with E-state index in [-0.39, 0.29) is 17.6 Å². The largest absolute Gasteiger partial charge is 0.508 e. The van der Waals surface area contributed by atoms with Gasteiger partial charge in [0.1, 0.15) is 35.7 Å². The molecular weight excluding hydrogens is 426 g/mol. The molecule has 0 radical (unpaired) electrons. The minimum atomic E-state index is -0.362. The summed E-state index contributed by atoms with van der Waals surface area (Å²) in [5.74, 6) is 1.92. The Labute approximate surface area is 201 Å². The molecule has 1 aliphatic heterocycles. The van der Waals surface area contributed by atoms with Gasteiger partial charge in [-0.25, -0.2) is 0 Å². The monoisotopic (exact) mass is 459 g/mol. The van der Waals surface area contributed by atoms with E-state index in [1.54, 1.807) is 30.3 Å². The smallest absolute Gasteiger partial charge is 0.150 e. The molecule has 2 atom stereocenters. The Morgan fingerprint density at radius 3 is 2.32 bits per heavy atom. The minimum absolute atomic E-state index is 0.189. The number of nitrogens with zero attached hydrogens (tertiary/aromatic N) is 1. The number of benzene rings is 3. The van der Waals surface area contributed by atoms with Crippen LogP contribution in [0.2, 0.25) is 0 Å². The van der Waals surface area contributed by atoms with Gasteiger partial charge in [0, 0.05) is 23.2 Å². The van der Waals surface area contributed by atoms with E-state index in [2.05, 4.69) is 32.7 Å². The number of ether oxygens (including phenoxy) is 2. The molecule has 1 aliphatic rings. The van der Waals surface area contributed by atoms with Crippen LogP contribution in [0.1, 0.15) is 50.5 Å². The molecule has 0 amide bonds. The second-order valence-corrected chi connectivity index (χ2v) is 9.26. The normalized spacial score (nSPS) is 16.4. The second-order valence-electron chi connectivity index (χ2n) is 9.26. The molecule has 0 bridgehead atoms. The fourth-order valence-corrected chi connectivity index (χ4v) is 4.30. The number of fused-ring (bicyclic) bond motifs is 1. The average molecular weight is 460 g/mol. The van der Waals surface area contributed by atoms with Crippen molar-refractivity contribution in [1.29, 1.82) is 0 Å². The van der Waals surface area contributed by atoms with Gasteiger partial charge in [-0.05, 0) is 93.9 Å². The number of likely N-dealkylation sites (N-methyl/N-ethyl adjacent to an activating group) is 1. The molecular formula is C29H33NO4. The Kier molecular flexibility index (Phi) is 6.85. The van der Waals surface area contributed by atoms with Crippen molar-refractivity contribution in [2.75, 3.05) is 13.7 Å². The minimum Gasteiger partial charge on any atom is -0.508 e. The highest BCUT2D eigenvalue weighted by molar-refractivity contribution is 5.95. The summed E-state index contributed by atoms with van der Waals surface area (Å²) in [7, 11) is 2.11. The summed E-state index contributed by atoms with van der Waals surface area (Å²) in [4.78, 5) is 2.29. The van der Waals surface area contributed by atoms with Gasteiger partial charge in [0.15, 0.2) is 0 Å². The van der Waals surface area contributed by atoms with Gasteiger partial charge in [-0.3, -0.25) is 4.90 Å². The maximum atomic E-state index is 10.1. The van der Waals surface area contributed by atoms with E-state index in [0.717, 1.165) is 39.3 Å². The van der Waals surface area contributed by atoms with Crippen molar-refractivity contribution >= 4 is 11.1 Å². The van der Waals surface area contributed by atoms with Crippen molar-refractivity contribution in [2.45, 2.75) is 45.9 Å². The van der Waals surface area contributed by atoms with Crippen LogP contribution in [-0.2, 0) is 0 Å². The number of hydrogen-bond donors (Lipinski definition) is 2. The van der Waals surface area contributed by atoms with Crippen molar-refractivity contribution in [3.8, 4) is 23.0 Å². The molecule has 3 aromatic carbocycles. The van der Waals surface area contributed by atoms with Gasteiger partial charge in [-0.2, -0.15) is 0 Å². The van der Waals surface area contributed by atoms with Crippen LogP contribution in [0, 0.1) is 0 Å². The summed E-state index contributed by atoms with van der Waals surface area (Å²) < 4.78 is 12.5. The number of aromatic hydroxyl groups is 2. The summed E-state index contributed by atoms with van der Waals surface area (Å²) in [6, 6.07) is 21.1. The van der Waals surface area contributed by atoms with Crippen LogP contribution >= 0.6 is 0 Å². The standard InChI is InChI=1S/C29H33NO4/c1-18(2)30(5)19(3)17-33-25-12-9-21(10-13-25)29-28(22-7-6-8-23(31)15-22)20(4)26-16-24(32)11-14-27(26)34-29/h6-16,18-19,29,31-32H,17H2,1-5H3. The molecule has 34 heavy (non-hydrogen) atoms. The second kappa shape index (κ2) is 9.82. The van der Waals surface area contributed by atoms with E-state index in [0.29, 0.717) is 18.7 Å². The van der Waals surface area contributed by atoms with Crippen LogP contribution in [0.5, 0.6) is 23.0 Å². The third-order valence-electron chi connectivity index (χ3n) is 6.62. The maximum Gasteiger partial charge on any atom is 0.150 e. The molecule has 0 aromatic heterocycles. The molecule has 0 spiro atoms. The fraction of sp³-hybridized carbons (Fsp3) is 0.310. The molecule has 0 saturated heterocycles. The summed E-state index contributed by atoms with van der Waals surface area (Å²) in [5.41, 5.74) is 4.66. The first-order valence-corrected chi connectivity index (χ1v) is 11.7. The zero-order valence-corrected chi connectivity index (χ0v) is 20.4. The zero-order valence-electron chi connectivity index (χ0n) is 20.4. The van der Waals surface area contributed by atoms with E-state index >= 15 is 0 Å². The summed E-state index contributed by atoms with van der Waals surface area (Å²) >= 11 is 0. The van der Waals surface area contributed by atoms with Gasteiger partial charge in [0.05, 0.1) is 0 Å². The molecule has 4 rings (SSSR count). The lowest BCUT2D eigenvalue weighted by molar-refractivity contribution is 0.145. The fourth-order valence-electron chi connectivity index (χ4n) is 4.30. The van der Waals surface area contributed by atoms with Crippen molar-refractivity contribution in [3.63, 3.8) is 0 Å². The molecule has 0 fully saturated rings. The Balaban J connectivity index is 1.65. The van der Waals surface area contributed by atoms with E-state index < -0.39 is 0 Å². The van der Waals surface area contributed by atoms with Crippen LogP contribution in [0.4, 0.5) is 0 Å². The molecule has 2 N–H and O–H groups in total. The molecule has 2 unspecified atom stereocenters. The van der Waals surface area contributed by atoms with Crippen LogP contribution in [0.3, 0.4) is 0 Å². The Morgan fingerprint density at radius 1 is 0.941 bits per heavy atom. The van der Waals surface area contributed by atoms with Crippen molar-refractivity contribution in [3.05, 3.63) is 83.4 Å². The molecule has 5 nitrogen and oxygen atoms in total. The lowest BCUT2D eigenvalue weighted by atomic mass is 9.86. The first kappa shape index (κ1) is 23.7. The number of phenols is 2. The number of allylic oxidation sites excluding steroid dienone is 1.